The van der Waals surface area contributed by atoms with Gasteiger partial charge in [-0.2, -0.15) is 0 Å². The van der Waals surface area contributed by atoms with Crippen LogP contribution in [0.3, 0.4) is 0 Å². The van der Waals surface area contributed by atoms with E-state index in [-0.39, 0.29) is 6.04 Å². The number of benzene rings is 1. The van der Waals surface area contributed by atoms with Gasteiger partial charge >= 0.3 is 0 Å². The number of hydrogen-bond acceptors (Lipinski definition) is 2. The molecule has 0 radical (unpaired) electrons. The number of likely N-dealkylation sites (N-methyl/N-ethyl adjacent to an activating group) is 1. The molecular weight excluding hydrogens is 210 g/mol. The van der Waals surface area contributed by atoms with Gasteiger partial charge in [-0.1, -0.05) is 44.2 Å². The Morgan fingerprint density at radius 1 is 1.12 bits per heavy atom. The molecule has 2 heteroatoms. The number of nitrogens with one attached hydrogen (secondary N) is 1. The van der Waals surface area contributed by atoms with Gasteiger partial charge in [0, 0.05) is 5.92 Å². The molecule has 0 aliphatic heterocycles. The molecule has 90 valence electrons. The van der Waals surface area contributed by atoms with Gasteiger partial charge in [0.1, 0.15) is 5.76 Å². The van der Waals surface area contributed by atoms with Crippen LogP contribution in [-0.4, -0.2) is 6.54 Å². The maximum atomic E-state index is 5.53. The minimum absolute atomic E-state index is 0.234. The fraction of sp³-hybridized carbons (Fsp3) is 0.333. The lowest BCUT2D eigenvalue weighted by atomic mass is 9.92. The third kappa shape index (κ3) is 2.77. The summed E-state index contributed by atoms with van der Waals surface area (Å²) in [5, 5.41) is 3.49. The van der Waals surface area contributed by atoms with Crippen molar-refractivity contribution in [3.8, 4) is 0 Å². The molecule has 1 heterocycles. The maximum Gasteiger partial charge on any atom is 0.121 e. The molecule has 0 aliphatic carbocycles. The van der Waals surface area contributed by atoms with Gasteiger partial charge in [-0.05, 0) is 24.2 Å². The molecule has 1 aromatic carbocycles. The van der Waals surface area contributed by atoms with Crippen LogP contribution in [0, 0.1) is 0 Å². The van der Waals surface area contributed by atoms with E-state index in [0.29, 0.717) is 5.92 Å². The first-order valence-corrected chi connectivity index (χ1v) is 6.14. The van der Waals surface area contributed by atoms with Crippen molar-refractivity contribution in [3.63, 3.8) is 0 Å². The van der Waals surface area contributed by atoms with Gasteiger partial charge in [0.25, 0.3) is 0 Å². The van der Waals surface area contributed by atoms with E-state index in [9.17, 15) is 0 Å². The van der Waals surface area contributed by atoms with Crippen LogP contribution in [-0.2, 0) is 0 Å². The Balaban J connectivity index is 2.22. The Morgan fingerprint density at radius 2 is 1.88 bits per heavy atom. The second-order valence-electron chi connectivity index (χ2n) is 4.25. The van der Waals surface area contributed by atoms with Gasteiger partial charge in [0.15, 0.2) is 0 Å². The topological polar surface area (TPSA) is 25.2 Å². The third-order valence-corrected chi connectivity index (χ3v) is 3.10. The smallest absolute Gasteiger partial charge is 0.121 e. The Hall–Kier alpha value is -1.54. The predicted molar refractivity (Wildman–Crippen MR) is 70.0 cm³/mol. The van der Waals surface area contributed by atoms with Crippen LogP contribution >= 0.6 is 0 Å². The molecule has 0 spiro atoms. The molecule has 0 saturated carbocycles. The fourth-order valence-electron chi connectivity index (χ4n) is 2.16. The highest BCUT2D eigenvalue weighted by atomic mass is 16.3. The van der Waals surface area contributed by atoms with Crippen molar-refractivity contribution in [1.29, 1.82) is 0 Å². The monoisotopic (exact) mass is 229 g/mol. The highest BCUT2D eigenvalue weighted by Gasteiger charge is 2.21. The first-order valence-electron chi connectivity index (χ1n) is 6.14. The molecular formula is C15H19NO. The molecule has 0 saturated heterocycles. The predicted octanol–water partition coefficient (Wildman–Crippen LogP) is 3.73. The Kier molecular flexibility index (Phi) is 3.99. The second kappa shape index (κ2) is 5.69. The molecule has 2 rings (SSSR count). The average molecular weight is 229 g/mol. The molecule has 1 aromatic heterocycles. The van der Waals surface area contributed by atoms with Gasteiger partial charge in [-0.25, -0.2) is 0 Å². The van der Waals surface area contributed by atoms with Crippen molar-refractivity contribution in [2.75, 3.05) is 6.54 Å². The summed E-state index contributed by atoms with van der Waals surface area (Å²) in [6.45, 7) is 5.28. The number of furan rings is 1. The summed E-state index contributed by atoms with van der Waals surface area (Å²) in [5.41, 5.74) is 1.33. The summed E-state index contributed by atoms with van der Waals surface area (Å²) < 4.78 is 5.53. The number of rotatable bonds is 5. The fourth-order valence-corrected chi connectivity index (χ4v) is 2.16. The minimum Gasteiger partial charge on any atom is -0.468 e. The highest BCUT2D eigenvalue weighted by molar-refractivity contribution is 5.23. The van der Waals surface area contributed by atoms with E-state index in [4.69, 9.17) is 4.42 Å². The summed E-state index contributed by atoms with van der Waals surface area (Å²) in [7, 11) is 0. The third-order valence-electron chi connectivity index (χ3n) is 3.10. The maximum absolute atomic E-state index is 5.53. The summed E-state index contributed by atoms with van der Waals surface area (Å²) in [4.78, 5) is 0. The molecule has 2 aromatic rings. The highest BCUT2D eigenvalue weighted by Crippen LogP contribution is 2.30. The SMILES string of the molecule is CCNC(c1ccco1)C(C)c1ccccc1. The molecule has 0 aliphatic rings. The van der Waals surface area contributed by atoms with Gasteiger partial charge in [0.2, 0.25) is 0 Å². The first-order chi connectivity index (χ1) is 8.33. The van der Waals surface area contributed by atoms with E-state index in [2.05, 4.69) is 43.4 Å². The normalized spacial score (nSPS) is 14.5. The lowest BCUT2D eigenvalue weighted by Crippen LogP contribution is -2.25. The van der Waals surface area contributed by atoms with Crippen LogP contribution in [0.1, 0.15) is 37.1 Å². The van der Waals surface area contributed by atoms with E-state index in [1.54, 1.807) is 6.26 Å². The molecule has 0 amide bonds. The van der Waals surface area contributed by atoms with Crippen molar-refractivity contribution < 1.29 is 4.42 Å². The van der Waals surface area contributed by atoms with Crippen LogP contribution in [0.2, 0.25) is 0 Å². The summed E-state index contributed by atoms with van der Waals surface area (Å²) in [6.07, 6.45) is 1.73. The zero-order valence-electron chi connectivity index (χ0n) is 10.4. The van der Waals surface area contributed by atoms with E-state index in [1.165, 1.54) is 5.56 Å². The summed E-state index contributed by atoms with van der Waals surface area (Å²) in [6, 6.07) is 14.7. The minimum atomic E-state index is 0.234. The van der Waals surface area contributed by atoms with Crippen molar-refractivity contribution in [2.45, 2.75) is 25.8 Å². The Labute approximate surface area is 103 Å². The average Bonchev–Trinajstić information content (AvgIpc) is 2.90. The van der Waals surface area contributed by atoms with Crippen molar-refractivity contribution in [2.24, 2.45) is 0 Å². The first kappa shape index (κ1) is 11.9. The second-order valence-corrected chi connectivity index (χ2v) is 4.25. The molecule has 17 heavy (non-hydrogen) atoms. The molecule has 2 nitrogen and oxygen atoms in total. The van der Waals surface area contributed by atoms with Gasteiger partial charge in [-0.3, -0.25) is 0 Å². The van der Waals surface area contributed by atoms with E-state index >= 15 is 0 Å². The molecule has 1 N–H and O–H groups in total. The van der Waals surface area contributed by atoms with Gasteiger partial charge < -0.3 is 9.73 Å². The van der Waals surface area contributed by atoms with Crippen molar-refractivity contribution in [3.05, 3.63) is 60.1 Å². The zero-order valence-corrected chi connectivity index (χ0v) is 10.4. The van der Waals surface area contributed by atoms with Crippen LogP contribution in [0.5, 0.6) is 0 Å². The Morgan fingerprint density at radius 3 is 2.47 bits per heavy atom. The van der Waals surface area contributed by atoms with Crippen LogP contribution < -0.4 is 5.32 Å². The van der Waals surface area contributed by atoms with Crippen LogP contribution in [0.25, 0.3) is 0 Å². The lowest BCUT2D eigenvalue weighted by molar-refractivity contribution is 0.382. The summed E-state index contributed by atoms with van der Waals surface area (Å²) >= 11 is 0. The molecule has 2 unspecified atom stereocenters. The van der Waals surface area contributed by atoms with E-state index in [1.807, 2.05) is 18.2 Å². The van der Waals surface area contributed by atoms with Gasteiger partial charge in [0.05, 0.1) is 12.3 Å². The van der Waals surface area contributed by atoms with Crippen LogP contribution in [0.4, 0.5) is 0 Å². The van der Waals surface area contributed by atoms with E-state index < -0.39 is 0 Å². The zero-order chi connectivity index (χ0) is 12.1. The van der Waals surface area contributed by atoms with E-state index in [0.717, 1.165) is 12.3 Å². The van der Waals surface area contributed by atoms with Crippen LogP contribution in [0.15, 0.2) is 53.1 Å². The largest absolute Gasteiger partial charge is 0.468 e. The molecule has 2 atom stereocenters. The quantitative estimate of drug-likeness (QED) is 0.845. The lowest BCUT2D eigenvalue weighted by Gasteiger charge is -2.23. The standard InChI is InChI=1S/C15H19NO/c1-3-16-15(14-10-7-11-17-14)12(2)13-8-5-4-6-9-13/h4-12,15-16H,3H2,1-2H3. The molecule has 0 fully saturated rings. The van der Waals surface area contributed by atoms with Crippen molar-refractivity contribution in [1.82, 2.24) is 5.32 Å². The van der Waals surface area contributed by atoms with Crippen molar-refractivity contribution >= 4 is 0 Å². The van der Waals surface area contributed by atoms with Gasteiger partial charge in [-0.15, -0.1) is 0 Å². The molecule has 0 bridgehead atoms. The Bertz CT molecular complexity index is 421. The number of hydrogen-bond donors (Lipinski definition) is 1. The summed E-state index contributed by atoms with van der Waals surface area (Å²) in [5.74, 6) is 1.39.